The SMILES string of the molecule is CCc1ccc(NC(=O)C(C)OC(=O)c2csc(-c3ccsc3)n2)cc1. The van der Waals surface area contributed by atoms with E-state index in [2.05, 4.69) is 17.2 Å². The summed E-state index contributed by atoms with van der Waals surface area (Å²) in [5, 5.41) is 9.06. The number of nitrogens with one attached hydrogen (secondary N) is 1. The Balaban J connectivity index is 1.58. The van der Waals surface area contributed by atoms with Gasteiger partial charge in [-0.15, -0.1) is 11.3 Å². The lowest BCUT2D eigenvalue weighted by atomic mass is 10.1. The minimum atomic E-state index is -0.917. The maximum Gasteiger partial charge on any atom is 0.358 e. The predicted molar refractivity (Wildman–Crippen MR) is 105 cm³/mol. The van der Waals surface area contributed by atoms with Gasteiger partial charge in [0, 0.05) is 22.0 Å². The van der Waals surface area contributed by atoms with E-state index in [1.807, 2.05) is 41.1 Å². The number of carbonyl (C=O) groups excluding carboxylic acids is 2. The molecule has 1 N–H and O–H groups in total. The van der Waals surface area contributed by atoms with E-state index in [1.54, 1.807) is 23.6 Å². The van der Waals surface area contributed by atoms with Crippen LogP contribution in [0.5, 0.6) is 0 Å². The van der Waals surface area contributed by atoms with Crippen molar-refractivity contribution in [3.8, 4) is 10.6 Å². The van der Waals surface area contributed by atoms with E-state index in [9.17, 15) is 9.59 Å². The second-order valence-electron chi connectivity index (χ2n) is 5.64. The Morgan fingerprint density at radius 2 is 1.96 bits per heavy atom. The fourth-order valence-electron chi connectivity index (χ4n) is 2.23. The van der Waals surface area contributed by atoms with Gasteiger partial charge in [0.15, 0.2) is 11.8 Å². The molecule has 0 aliphatic carbocycles. The number of aryl methyl sites for hydroxylation is 1. The largest absolute Gasteiger partial charge is 0.448 e. The molecule has 26 heavy (non-hydrogen) atoms. The van der Waals surface area contributed by atoms with Crippen LogP contribution in [0.3, 0.4) is 0 Å². The molecule has 7 heteroatoms. The minimum absolute atomic E-state index is 0.211. The third-order valence-electron chi connectivity index (χ3n) is 3.76. The molecule has 2 aromatic heterocycles. The second-order valence-corrected chi connectivity index (χ2v) is 7.28. The molecule has 0 aliphatic rings. The number of carbonyl (C=O) groups is 2. The number of benzene rings is 1. The van der Waals surface area contributed by atoms with Gasteiger partial charge in [0.1, 0.15) is 5.01 Å². The molecule has 0 saturated carbocycles. The number of hydrogen-bond acceptors (Lipinski definition) is 6. The number of aromatic nitrogens is 1. The molecule has 0 spiro atoms. The van der Waals surface area contributed by atoms with Crippen LogP contribution in [0, 0.1) is 0 Å². The molecule has 1 amide bonds. The lowest BCUT2D eigenvalue weighted by Crippen LogP contribution is -2.30. The van der Waals surface area contributed by atoms with Gasteiger partial charge in [-0.25, -0.2) is 9.78 Å². The molecule has 0 bridgehead atoms. The average molecular weight is 386 g/mol. The van der Waals surface area contributed by atoms with Gasteiger partial charge >= 0.3 is 5.97 Å². The van der Waals surface area contributed by atoms with Crippen LogP contribution in [0.15, 0.2) is 46.5 Å². The van der Waals surface area contributed by atoms with Crippen LogP contribution >= 0.6 is 22.7 Å². The third-order valence-corrected chi connectivity index (χ3v) is 5.34. The predicted octanol–water partition coefficient (Wildman–Crippen LogP) is 4.62. The minimum Gasteiger partial charge on any atom is -0.448 e. The monoisotopic (exact) mass is 386 g/mol. The summed E-state index contributed by atoms with van der Waals surface area (Å²) in [5.41, 5.74) is 3.04. The summed E-state index contributed by atoms with van der Waals surface area (Å²) in [5.74, 6) is -0.984. The van der Waals surface area contributed by atoms with Crippen LogP contribution < -0.4 is 5.32 Å². The van der Waals surface area contributed by atoms with Gasteiger partial charge in [0.25, 0.3) is 5.91 Å². The Bertz CT molecular complexity index is 886. The number of hydrogen-bond donors (Lipinski definition) is 1. The van der Waals surface area contributed by atoms with Crippen LogP contribution in [-0.2, 0) is 16.0 Å². The highest BCUT2D eigenvalue weighted by atomic mass is 32.1. The molecule has 3 aromatic rings. The van der Waals surface area contributed by atoms with Gasteiger partial charge in [0.05, 0.1) is 0 Å². The van der Waals surface area contributed by atoms with Crippen LogP contribution in [0.1, 0.15) is 29.9 Å². The lowest BCUT2D eigenvalue weighted by Gasteiger charge is -2.13. The molecule has 5 nitrogen and oxygen atoms in total. The van der Waals surface area contributed by atoms with E-state index in [0.717, 1.165) is 17.0 Å². The molecule has 0 radical (unpaired) electrons. The van der Waals surface area contributed by atoms with E-state index in [-0.39, 0.29) is 11.6 Å². The van der Waals surface area contributed by atoms with Crippen molar-refractivity contribution >= 4 is 40.2 Å². The highest BCUT2D eigenvalue weighted by molar-refractivity contribution is 7.14. The lowest BCUT2D eigenvalue weighted by molar-refractivity contribution is -0.123. The van der Waals surface area contributed by atoms with Gasteiger partial charge in [-0.05, 0) is 42.5 Å². The topological polar surface area (TPSA) is 68.3 Å². The summed E-state index contributed by atoms with van der Waals surface area (Å²) in [6.45, 7) is 3.61. The van der Waals surface area contributed by atoms with Crippen molar-refractivity contribution in [2.75, 3.05) is 5.32 Å². The zero-order chi connectivity index (χ0) is 18.5. The number of anilines is 1. The smallest absolute Gasteiger partial charge is 0.358 e. The average Bonchev–Trinajstić information content (AvgIpc) is 3.33. The Kier molecular flexibility index (Phi) is 5.80. The number of thiophene rings is 1. The Morgan fingerprint density at radius 1 is 1.19 bits per heavy atom. The highest BCUT2D eigenvalue weighted by Gasteiger charge is 2.21. The van der Waals surface area contributed by atoms with Crippen molar-refractivity contribution in [3.05, 3.63) is 57.7 Å². The van der Waals surface area contributed by atoms with Gasteiger partial charge in [0.2, 0.25) is 0 Å². The van der Waals surface area contributed by atoms with Gasteiger partial charge in [-0.2, -0.15) is 11.3 Å². The quantitative estimate of drug-likeness (QED) is 0.628. The number of ether oxygens (including phenoxy) is 1. The molecule has 0 fully saturated rings. The van der Waals surface area contributed by atoms with Crippen molar-refractivity contribution in [2.24, 2.45) is 0 Å². The van der Waals surface area contributed by atoms with Crippen LogP contribution in [0.25, 0.3) is 10.6 Å². The van der Waals surface area contributed by atoms with Gasteiger partial charge in [-0.3, -0.25) is 4.79 Å². The molecular weight excluding hydrogens is 368 g/mol. The number of nitrogens with zero attached hydrogens (tertiary/aromatic N) is 1. The first-order valence-electron chi connectivity index (χ1n) is 8.15. The number of amides is 1. The first kappa shape index (κ1) is 18.3. The first-order valence-corrected chi connectivity index (χ1v) is 9.98. The summed E-state index contributed by atoms with van der Waals surface area (Å²) in [6, 6.07) is 9.51. The molecule has 1 aromatic carbocycles. The molecular formula is C19H18N2O3S2. The van der Waals surface area contributed by atoms with Gasteiger partial charge in [-0.1, -0.05) is 19.1 Å². The Morgan fingerprint density at radius 3 is 2.62 bits per heavy atom. The third kappa shape index (κ3) is 4.36. The van der Waals surface area contributed by atoms with Crippen LogP contribution in [0.2, 0.25) is 0 Å². The zero-order valence-electron chi connectivity index (χ0n) is 14.4. The van der Waals surface area contributed by atoms with E-state index < -0.39 is 12.1 Å². The number of thiazole rings is 1. The summed E-state index contributed by atoms with van der Waals surface area (Å²) >= 11 is 2.94. The van der Waals surface area contributed by atoms with Crippen molar-refractivity contribution in [1.82, 2.24) is 4.98 Å². The van der Waals surface area contributed by atoms with Gasteiger partial charge < -0.3 is 10.1 Å². The van der Waals surface area contributed by atoms with E-state index in [4.69, 9.17) is 4.74 Å². The highest BCUT2D eigenvalue weighted by Crippen LogP contribution is 2.26. The molecule has 2 heterocycles. The van der Waals surface area contributed by atoms with Crippen LogP contribution in [-0.4, -0.2) is 23.0 Å². The molecule has 1 atom stereocenters. The number of esters is 1. The zero-order valence-corrected chi connectivity index (χ0v) is 16.0. The normalized spacial score (nSPS) is 11.8. The standard InChI is InChI=1S/C19H18N2O3S2/c1-3-13-4-6-15(7-5-13)20-17(22)12(2)24-19(23)16-11-26-18(21-16)14-8-9-25-10-14/h4-12H,3H2,1-2H3,(H,20,22). The fraction of sp³-hybridized carbons (Fsp3) is 0.211. The molecule has 0 aliphatic heterocycles. The van der Waals surface area contributed by atoms with Crippen LogP contribution in [0.4, 0.5) is 5.69 Å². The first-order chi connectivity index (χ1) is 12.6. The molecule has 1 unspecified atom stereocenters. The fourth-order valence-corrected chi connectivity index (χ4v) is 3.73. The molecule has 134 valence electrons. The second kappa shape index (κ2) is 8.25. The Labute approximate surface area is 159 Å². The number of rotatable bonds is 6. The molecule has 0 saturated heterocycles. The summed E-state index contributed by atoms with van der Waals surface area (Å²) in [4.78, 5) is 28.7. The van der Waals surface area contributed by atoms with Crippen molar-refractivity contribution < 1.29 is 14.3 Å². The maximum absolute atomic E-state index is 12.2. The summed E-state index contributed by atoms with van der Waals surface area (Å²) < 4.78 is 5.24. The Hall–Kier alpha value is -2.51. The van der Waals surface area contributed by atoms with Crippen molar-refractivity contribution in [2.45, 2.75) is 26.4 Å². The van der Waals surface area contributed by atoms with E-state index in [1.165, 1.54) is 16.9 Å². The van der Waals surface area contributed by atoms with Crippen molar-refractivity contribution in [3.63, 3.8) is 0 Å². The summed E-state index contributed by atoms with van der Waals surface area (Å²) in [6.07, 6.45) is 0.0168. The molecule has 3 rings (SSSR count). The van der Waals surface area contributed by atoms with Crippen molar-refractivity contribution in [1.29, 1.82) is 0 Å². The van der Waals surface area contributed by atoms with E-state index in [0.29, 0.717) is 5.69 Å². The maximum atomic E-state index is 12.2. The van der Waals surface area contributed by atoms with E-state index >= 15 is 0 Å². The summed E-state index contributed by atoms with van der Waals surface area (Å²) in [7, 11) is 0.